The van der Waals surface area contributed by atoms with E-state index >= 15 is 0 Å². The van der Waals surface area contributed by atoms with Crippen molar-refractivity contribution in [3.8, 4) is 0 Å². The van der Waals surface area contributed by atoms with Gasteiger partial charge in [0.15, 0.2) is 0 Å². The maximum atomic E-state index is 11.0. The first kappa shape index (κ1) is 13.1. The lowest BCUT2D eigenvalue weighted by Crippen LogP contribution is -2.25. The molecular weight excluding hydrogens is 178 g/mol. The summed E-state index contributed by atoms with van der Waals surface area (Å²) in [6, 6.07) is 0. The van der Waals surface area contributed by atoms with E-state index in [1.807, 2.05) is 0 Å². The smallest absolute Gasteiger partial charge is 0.227 e. The third-order valence-electron chi connectivity index (χ3n) is 2.01. The van der Waals surface area contributed by atoms with E-state index in [1.54, 1.807) is 0 Å². The normalized spacial score (nSPS) is 9.86. The van der Waals surface area contributed by atoms with E-state index in [4.69, 9.17) is 0 Å². The van der Waals surface area contributed by atoms with Crippen molar-refractivity contribution in [2.45, 2.75) is 52.4 Å². The van der Waals surface area contributed by atoms with Crippen LogP contribution in [0.25, 0.3) is 0 Å². The molecule has 3 nitrogen and oxygen atoms in total. The molecule has 1 amide bonds. The van der Waals surface area contributed by atoms with Gasteiger partial charge in [0.2, 0.25) is 5.91 Å². The average molecular weight is 199 g/mol. The lowest BCUT2D eigenvalue weighted by molar-refractivity contribution is -0.127. The molecule has 3 heteroatoms. The summed E-state index contributed by atoms with van der Waals surface area (Å²) in [7, 11) is 0. The lowest BCUT2D eigenvalue weighted by Gasteiger charge is -2.03. The van der Waals surface area contributed by atoms with Gasteiger partial charge in [0.25, 0.3) is 0 Å². The second-order valence-corrected chi connectivity index (χ2v) is 3.64. The third kappa shape index (κ3) is 9.23. The Labute approximate surface area is 86.3 Å². The fourth-order valence-electron chi connectivity index (χ4n) is 1.24. The van der Waals surface area contributed by atoms with Gasteiger partial charge in [0, 0.05) is 6.54 Å². The number of Topliss-reactive ketones (excluding diaryl/α,β-unsaturated/α-hetero) is 1. The molecule has 0 fully saturated rings. The van der Waals surface area contributed by atoms with Crippen LogP contribution in [0.5, 0.6) is 0 Å². The van der Waals surface area contributed by atoms with Gasteiger partial charge in [0.05, 0.1) is 6.42 Å². The standard InChI is InChI=1S/C11H21NO2/c1-3-4-5-6-7-8-12-11(14)9-10(2)13/h3-9H2,1-2H3,(H,12,14). The maximum absolute atomic E-state index is 11.0. The molecule has 0 aliphatic rings. The van der Waals surface area contributed by atoms with Crippen LogP contribution in [-0.2, 0) is 9.59 Å². The largest absolute Gasteiger partial charge is 0.356 e. The Hall–Kier alpha value is -0.860. The molecule has 14 heavy (non-hydrogen) atoms. The van der Waals surface area contributed by atoms with Crippen molar-refractivity contribution in [1.82, 2.24) is 5.32 Å². The fourth-order valence-corrected chi connectivity index (χ4v) is 1.24. The molecule has 0 rings (SSSR count). The number of carbonyl (C=O) groups excluding carboxylic acids is 2. The molecule has 0 saturated carbocycles. The molecule has 0 unspecified atom stereocenters. The van der Waals surface area contributed by atoms with Crippen molar-refractivity contribution in [3.63, 3.8) is 0 Å². The number of ketones is 1. The molecule has 0 aromatic carbocycles. The first-order chi connectivity index (χ1) is 6.66. The van der Waals surface area contributed by atoms with Gasteiger partial charge < -0.3 is 5.32 Å². The molecular formula is C11H21NO2. The van der Waals surface area contributed by atoms with Gasteiger partial charge in [-0.05, 0) is 13.3 Å². The topological polar surface area (TPSA) is 46.2 Å². The van der Waals surface area contributed by atoms with Crippen LogP contribution >= 0.6 is 0 Å². The van der Waals surface area contributed by atoms with Crippen molar-refractivity contribution in [2.75, 3.05) is 6.54 Å². The highest BCUT2D eigenvalue weighted by molar-refractivity contribution is 5.96. The van der Waals surface area contributed by atoms with Crippen LogP contribution in [0.1, 0.15) is 52.4 Å². The molecule has 0 aliphatic heterocycles. The zero-order valence-electron chi connectivity index (χ0n) is 9.27. The molecule has 82 valence electrons. The Balaban J connectivity index is 3.19. The number of rotatable bonds is 8. The molecule has 0 heterocycles. The summed E-state index contributed by atoms with van der Waals surface area (Å²) >= 11 is 0. The van der Waals surface area contributed by atoms with E-state index in [0.29, 0.717) is 6.54 Å². The highest BCUT2D eigenvalue weighted by Crippen LogP contribution is 2.01. The predicted octanol–water partition coefficient (Wildman–Crippen LogP) is 2.05. The molecule has 0 radical (unpaired) electrons. The van der Waals surface area contributed by atoms with Gasteiger partial charge in [-0.1, -0.05) is 32.6 Å². The molecule has 0 spiro atoms. The van der Waals surface area contributed by atoms with Gasteiger partial charge in [0.1, 0.15) is 5.78 Å². The molecule has 0 aliphatic carbocycles. The van der Waals surface area contributed by atoms with Gasteiger partial charge in [-0.15, -0.1) is 0 Å². The van der Waals surface area contributed by atoms with E-state index in [1.165, 1.54) is 26.2 Å². The van der Waals surface area contributed by atoms with Gasteiger partial charge in [-0.3, -0.25) is 9.59 Å². The van der Waals surface area contributed by atoms with Crippen molar-refractivity contribution in [2.24, 2.45) is 0 Å². The van der Waals surface area contributed by atoms with Crippen LogP contribution in [0.15, 0.2) is 0 Å². The minimum absolute atomic E-state index is 0.0228. The van der Waals surface area contributed by atoms with Crippen LogP contribution in [0.2, 0.25) is 0 Å². The number of hydrogen-bond donors (Lipinski definition) is 1. The summed E-state index contributed by atoms with van der Waals surface area (Å²) in [6.07, 6.45) is 5.93. The number of amides is 1. The zero-order valence-corrected chi connectivity index (χ0v) is 9.27. The minimum atomic E-state index is -0.145. The quantitative estimate of drug-likeness (QED) is 0.480. The zero-order chi connectivity index (χ0) is 10.8. The summed E-state index contributed by atoms with van der Waals surface area (Å²) in [5, 5.41) is 2.73. The predicted molar refractivity (Wildman–Crippen MR) is 57.1 cm³/mol. The number of carbonyl (C=O) groups is 2. The second-order valence-electron chi connectivity index (χ2n) is 3.64. The third-order valence-corrected chi connectivity index (χ3v) is 2.01. The molecule has 0 saturated heterocycles. The minimum Gasteiger partial charge on any atom is -0.356 e. The van der Waals surface area contributed by atoms with Crippen LogP contribution in [0, 0.1) is 0 Å². The van der Waals surface area contributed by atoms with E-state index < -0.39 is 0 Å². The maximum Gasteiger partial charge on any atom is 0.227 e. The molecule has 0 aromatic heterocycles. The summed E-state index contributed by atoms with van der Waals surface area (Å²) in [5.74, 6) is -0.221. The molecule has 0 aromatic rings. The lowest BCUT2D eigenvalue weighted by atomic mass is 10.1. The van der Waals surface area contributed by atoms with Crippen LogP contribution in [0.4, 0.5) is 0 Å². The van der Waals surface area contributed by atoms with E-state index in [0.717, 1.165) is 12.8 Å². The van der Waals surface area contributed by atoms with Crippen LogP contribution in [-0.4, -0.2) is 18.2 Å². The summed E-state index contributed by atoms with van der Waals surface area (Å²) in [4.78, 5) is 21.6. The van der Waals surface area contributed by atoms with Gasteiger partial charge >= 0.3 is 0 Å². The Morgan fingerprint density at radius 2 is 1.71 bits per heavy atom. The molecule has 0 atom stereocenters. The Morgan fingerprint density at radius 3 is 2.29 bits per heavy atom. The Morgan fingerprint density at radius 1 is 1.07 bits per heavy atom. The number of nitrogens with one attached hydrogen (secondary N) is 1. The highest BCUT2D eigenvalue weighted by atomic mass is 16.2. The summed E-state index contributed by atoms with van der Waals surface area (Å²) < 4.78 is 0. The first-order valence-electron chi connectivity index (χ1n) is 5.43. The van der Waals surface area contributed by atoms with Crippen molar-refractivity contribution >= 4 is 11.7 Å². The second kappa shape index (κ2) is 8.73. The Kier molecular flexibility index (Phi) is 8.19. The van der Waals surface area contributed by atoms with Gasteiger partial charge in [-0.25, -0.2) is 0 Å². The highest BCUT2D eigenvalue weighted by Gasteiger charge is 2.02. The van der Waals surface area contributed by atoms with E-state index in [2.05, 4.69) is 12.2 Å². The van der Waals surface area contributed by atoms with E-state index in [-0.39, 0.29) is 18.1 Å². The fraction of sp³-hybridized carbons (Fsp3) is 0.818. The summed E-state index contributed by atoms with van der Waals surface area (Å²) in [6.45, 7) is 4.31. The Bertz CT molecular complexity index is 178. The molecule has 1 N–H and O–H groups in total. The van der Waals surface area contributed by atoms with E-state index in [9.17, 15) is 9.59 Å². The number of unbranched alkanes of at least 4 members (excludes halogenated alkanes) is 4. The van der Waals surface area contributed by atoms with Crippen molar-refractivity contribution in [1.29, 1.82) is 0 Å². The van der Waals surface area contributed by atoms with Crippen LogP contribution < -0.4 is 5.32 Å². The van der Waals surface area contributed by atoms with Crippen molar-refractivity contribution in [3.05, 3.63) is 0 Å². The first-order valence-corrected chi connectivity index (χ1v) is 5.43. The van der Waals surface area contributed by atoms with Gasteiger partial charge in [-0.2, -0.15) is 0 Å². The van der Waals surface area contributed by atoms with Crippen LogP contribution in [0.3, 0.4) is 0 Å². The molecule has 0 bridgehead atoms. The SMILES string of the molecule is CCCCCCCNC(=O)CC(C)=O. The summed E-state index contributed by atoms with van der Waals surface area (Å²) in [5.41, 5.74) is 0. The number of hydrogen-bond acceptors (Lipinski definition) is 2. The monoisotopic (exact) mass is 199 g/mol. The average Bonchev–Trinajstić information content (AvgIpc) is 2.10. The van der Waals surface area contributed by atoms with Crippen molar-refractivity contribution < 1.29 is 9.59 Å².